The molecule has 0 radical (unpaired) electrons. The monoisotopic (exact) mass is 437 g/mol. The minimum absolute atomic E-state index is 0.133. The van der Waals surface area contributed by atoms with Gasteiger partial charge in [0.25, 0.3) is 0 Å². The molecular weight excluding hydrogens is 402 g/mol. The van der Waals surface area contributed by atoms with E-state index in [4.69, 9.17) is 4.74 Å². The maximum Gasteiger partial charge on any atom is 0.328 e. The number of carbonyl (C=O) groups is 2. The second-order valence-electron chi connectivity index (χ2n) is 9.92. The van der Waals surface area contributed by atoms with Crippen molar-refractivity contribution in [3.05, 3.63) is 47.5 Å². The Kier molecular flexibility index (Phi) is 6.22. The molecule has 3 saturated heterocycles. The Morgan fingerprint density at radius 2 is 2.00 bits per heavy atom. The van der Waals surface area contributed by atoms with Crippen LogP contribution in [0.1, 0.15) is 44.1 Å². The standard InChI is InChI=1S/C26H35N3O3/c1-32-25(30)22(14-18-8-3-2-4-9-18)27-26(31)29-13-7-10-19-15-20-16-21(24(19)29)17-28-12-6-5-11-23(20)28/h2-4,8-9,15,20-24H,5-7,10-14,16-17H2,1H3,(H,27,31)/t20-,21+,22-,23+,24+/m1/s1. The number of esters is 1. The highest BCUT2D eigenvalue weighted by atomic mass is 16.5. The van der Waals surface area contributed by atoms with Crippen LogP contribution in [0.15, 0.2) is 42.0 Å². The van der Waals surface area contributed by atoms with Gasteiger partial charge in [0.2, 0.25) is 0 Å². The van der Waals surface area contributed by atoms with E-state index < -0.39 is 12.0 Å². The van der Waals surface area contributed by atoms with E-state index in [1.54, 1.807) is 0 Å². The molecule has 5 rings (SSSR count). The number of likely N-dealkylation sites (tertiary alicyclic amines) is 1. The molecule has 0 unspecified atom stereocenters. The zero-order valence-electron chi connectivity index (χ0n) is 19.0. The fourth-order valence-electron chi connectivity index (χ4n) is 6.62. The van der Waals surface area contributed by atoms with E-state index >= 15 is 0 Å². The highest BCUT2D eigenvalue weighted by Gasteiger charge is 2.47. The topological polar surface area (TPSA) is 61.9 Å². The SMILES string of the molecule is COC(=O)[C@@H](Cc1ccccc1)NC(=O)N1CCCC2=C[C@@H]3C[C@@H](CN4CCCC[C@@H]34)[C@H]21. The van der Waals surface area contributed by atoms with Gasteiger partial charge in [0.05, 0.1) is 13.2 Å². The summed E-state index contributed by atoms with van der Waals surface area (Å²) in [4.78, 5) is 30.7. The van der Waals surface area contributed by atoms with Crippen molar-refractivity contribution in [2.45, 2.75) is 63.1 Å². The summed E-state index contributed by atoms with van der Waals surface area (Å²) in [6.45, 7) is 3.04. The van der Waals surface area contributed by atoms with E-state index in [0.717, 1.165) is 31.5 Å². The molecule has 5 atom stereocenters. The normalized spacial score (nSPS) is 30.4. The Bertz CT molecular complexity index is 870. The summed E-state index contributed by atoms with van der Waals surface area (Å²) in [5, 5.41) is 3.02. The van der Waals surface area contributed by atoms with Crippen LogP contribution in [0, 0.1) is 11.8 Å². The molecule has 32 heavy (non-hydrogen) atoms. The first-order valence-corrected chi connectivity index (χ1v) is 12.3. The summed E-state index contributed by atoms with van der Waals surface area (Å²) in [6.07, 6.45) is 10.2. The molecule has 172 valence electrons. The minimum atomic E-state index is -0.682. The van der Waals surface area contributed by atoms with Crippen molar-refractivity contribution in [3.8, 4) is 0 Å². The number of urea groups is 1. The quantitative estimate of drug-likeness (QED) is 0.580. The van der Waals surface area contributed by atoms with Crippen LogP contribution in [0.4, 0.5) is 4.79 Å². The van der Waals surface area contributed by atoms with E-state index in [1.165, 1.54) is 44.9 Å². The Morgan fingerprint density at radius 1 is 1.16 bits per heavy atom. The van der Waals surface area contributed by atoms with Crippen LogP contribution < -0.4 is 5.32 Å². The maximum absolute atomic E-state index is 13.5. The number of hydrogen-bond acceptors (Lipinski definition) is 4. The van der Waals surface area contributed by atoms with Gasteiger partial charge in [-0.15, -0.1) is 0 Å². The average Bonchev–Trinajstić information content (AvgIpc) is 2.83. The molecule has 1 aromatic carbocycles. The lowest BCUT2D eigenvalue weighted by atomic mass is 9.68. The molecule has 3 aliphatic heterocycles. The lowest BCUT2D eigenvalue weighted by Crippen LogP contribution is -2.62. The molecule has 2 amide bonds. The first-order chi connectivity index (χ1) is 15.6. The van der Waals surface area contributed by atoms with Crippen molar-refractivity contribution < 1.29 is 14.3 Å². The molecule has 6 heteroatoms. The van der Waals surface area contributed by atoms with Gasteiger partial charge in [-0.25, -0.2) is 9.59 Å². The van der Waals surface area contributed by atoms with Gasteiger partial charge in [-0.1, -0.05) is 48.4 Å². The summed E-state index contributed by atoms with van der Waals surface area (Å²) in [6, 6.07) is 9.84. The van der Waals surface area contributed by atoms with Gasteiger partial charge in [0.15, 0.2) is 0 Å². The third-order valence-electron chi connectivity index (χ3n) is 7.98. The van der Waals surface area contributed by atoms with Gasteiger partial charge in [-0.05, 0) is 56.0 Å². The van der Waals surface area contributed by atoms with Gasteiger partial charge in [0, 0.05) is 25.6 Å². The number of ether oxygens (including phenoxy) is 1. The number of nitrogens with one attached hydrogen (secondary N) is 1. The Labute approximate surface area is 191 Å². The number of nitrogens with zero attached hydrogens (tertiary/aromatic N) is 2. The zero-order chi connectivity index (χ0) is 22.1. The van der Waals surface area contributed by atoms with Gasteiger partial charge in [0.1, 0.15) is 6.04 Å². The Hall–Kier alpha value is -2.34. The molecular formula is C26H35N3O3. The Balaban J connectivity index is 1.34. The van der Waals surface area contributed by atoms with Gasteiger partial charge < -0.3 is 15.0 Å². The smallest absolute Gasteiger partial charge is 0.328 e. The van der Waals surface area contributed by atoms with Crippen molar-refractivity contribution >= 4 is 12.0 Å². The van der Waals surface area contributed by atoms with Crippen LogP contribution in [0.2, 0.25) is 0 Å². The molecule has 3 heterocycles. The minimum Gasteiger partial charge on any atom is -0.467 e. The molecule has 6 nitrogen and oxygen atoms in total. The fourth-order valence-corrected chi connectivity index (χ4v) is 6.62. The van der Waals surface area contributed by atoms with E-state index in [0.29, 0.717) is 24.3 Å². The first-order valence-electron chi connectivity index (χ1n) is 12.3. The fraction of sp³-hybridized carbons (Fsp3) is 0.615. The third-order valence-corrected chi connectivity index (χ3v) is 7.98. The maximum atomic E-state index is 13.5. The second kappa shape index (κ2) is 9.26. The molecule has 1 aliphatic carbocycles. The summed E-state index contributed by atoms with van der Waals surface area (Å²) >= 11 is 0. The first kappa shape index (κ1) is 21.5. The number of rotatable bonds is 4. The predicted octanol–water partition coefficient (Wildman–Crippen LogP) is 3.38. The van der Waals surface area contributed by atoms with Gasteiger partial charge in [-0.2, -0.15) is 0 Å². The van der Waals surface area contributed by atoms with Crippen LogP contribution in [0.5, 0.6) is 0 Å². The van der Waals surface area contributed by atoms with Gasteiger partial charge in [-0.3, -0.25) is 4.90 Å². The second-order valence-corrected chi connectivity index (χ2v) is 9.92. The van der Waals surface area contributed by atoms with E-state index in [-0.39, 0.29) is 12.1 Å². The molecule has 0 spiro atoms. The molecule has 0 aromatic heterocycles. The van der Waals surface area contributed by atoms with Crippen LogP contribution in [-0.2, 0) is 16.0 Å². The molecule has 2 bridgehead atoms. The zero-order valence-corrected chi connectivity index (χ0v) is 19.0. The lowest BCUT2D eigenvalue weighted by molar-refractivity contribution is -0.142. The van der Waals surface area contributed by atoms with Crippen molar-refractivity contribution in [2.75, 3.05) is 26.7 Å². The van der Waals surface area contributed by atoms with Gasteiger partial charge >= 0.3 is 12.0 Å². The third kappa shape index (κ3) is 4.17. The molecule has 1 N–H and O–H groups in total. The highest BCUT2D eigenvalue weighted by molar-refractivity contribution is 5.84. The van der Waals surface area contributed by atoms with E-state index in [9.17, 15) is 9.59 Å². The van der Waals surface area contributed by atoms with Crippen LogP contribution >= 0.6 is 0 Å². The molecule has 0 saturated carbocycles. The largest absolute Gasteiger partial charge is 0.467 e. The molecule has 4 aliphatic rings. The van der Waals surface area contributed by atoms with E-state index in [1.807, 2.05) is 35.2 Å². The molecule has 3 fully saturated rings. The van der Waals surface area contributed by atoms with Crippen molar-refractivity contribution in [1.29, 1.82) is 0 Å². The van der Waals surface area contributed by atoms with Crippen LogP contribution in [0.3, 0.4) is 0 Å². The summed E-state index contributed by atoms with van der Waals surface area (Å²) in [5.74, 6) is 0.739. The molecule has 1 aromatic rings. The summed E-state index contributed by atoms with van der Waals surface area (Å²) < 4.78 is 5.01. The van der Waals surface area contributed by atoms with Crippen molar-refractivity contribution in [1.82, 2.24) is 15.1 Å². The average molecular weight is 438 g/mol. The predicted molar refractivity (Wildman–Crippen MR) is 123 cm³/mol. The number of fused-ring (bicyclic) bond motifs is 6. The van der Waals surface area contributed by atoms with Crippen LogP contribution in [-0.4, -0.2) is 66.7 Å². The number of carbonyl (C=O) groups excluding carboxylic acids is 2. The number of hydrogen-bond donors (Lipinski definition) is 1. The van der Waals surface area contributed by atoms with Crippen molar-refractivity contribution in [2.24, 2.45) is 11.8 Å². The Morgan fingerprint density at radius 3 is 2.81 bits per heavy atom. The highest BCUT2D eigenvalue weighted by Crippen LogP contribution is 2.45. The number of piperidine rings is 3. The van der Waals surface area contributed by atoms with E-state index in [2.05, 4.69) is 16.3 Å². The van der Waals surface area contributed by atoms with Crippen LogP contribution in [0.25, 0.3) is 0 Å². The van der Waals surface area contributed by atoms with Crippen molar-refractivity contribution in [3.63, 3.8) is 0 Å². The number of amides is 2. The lowest BCUT2D eigenvalue weighted by Gasteiger charge is -2.54. The summed E-state index contributed by atoms with van der Waals surface area (Å²) in [5.41, 5.74) is 2.46. The number of benzene rings is 1. The summed E-state index contributed by atoms with van der Waals surface area (Å²) in [7, 11) is 1.38. The number of methoxy groups -OCH3 is 1.